The molecule has 1 aromatic carbocycles. The molecule has 0 atom stereocenters. The Morgan fingerprint density at radius 3 is 2.40 bits per heavy atom. The van der Waals surface area contributed by atoms with E-state index >= 15 is 0 Å². The van der Waals surface area contributed by atoms with Crippen molar-refractivity contribution in [2.24, 2.45) is 0 Å². The van der Waals surface area contributed by atoms with E-state index in [-0.39, 0.29) is 4.90 Å². The number of likely N-dealkylation sites (N-methyl/N-ethyl adjacent to an activating group) is 1. The molecule has 0 amide bonds. The van der Waals surface area contributed by atoms with E-state index in [1.165, 1.54) is 10.5 Å². The predicted molar refractivity (Wildman–Crippen MR) is 99.7 cm³/mol. The van der Waals surface area contributed by atoms with Crippen LogP contribution < -0.4 is 5.32 Å². The van der Waals surface area contributed by atoms with Gasteiger partial charge in [-0.2, -0.15) is 4.31 Å². The lowest BCUT2D eigenvalue weighted by Crippen LogP contribution is -2.47. The molecule has 25 heavy (non-hydrogen) atoms. The van der Waals surface area contributed by atoms with Crippen molar-refractivity contribution in [1.29, 1.82) is 0 Å². The van der Waals surface area contributed by atoms with Crippen LogP contribution in [0.2, 0.25) is 0 Å². The molecule has 3 rings (SSSR count). The van der Waals surface area contributed by atoms with Gasteiger partial charge in [0.05, 0.1) is 0 Å². The number of aryl methyl sites for hydroxylation is 2. The molecular weight excluding hydrogens is 336 g/mol. The zero-order valence-electron chi connectivity index (χ0n) is 14.9. The van der Waals surface area contributed by atoms with Gasteiger partial charge in [-0.25, -0.2) is 13.4 Å². The van der Waals surface area contributed by atoms with Gasteiger partial charge in [0.2, 0.25) is 10.0 Å². The van der Waals surface area contributed by atoms with Crippen molar-refractivity contribution in [2.75, 3.05) is 38.5 Å². The Morgan fingerprint density at radius 2 is 1.76 bits per heavy atom. The zero-order chi connectivity index (χ0) is 18.0. The molecule has 6 nitrogen and oxygen atoms in total. The summed E-state index contributed by atoms with van der Waals surface area (Å²) in [6.07, 6.45) is 1.43. The molecule has 1 aromatic heterocycles. The Morgan fingerprint density at radius 1 is 1.04 bits per heavy atom. The number of rotatable bonds is 4. The van der Waals surface area contributed by atoms with Crippen LogP contribution in [0, 0.1) is 13.8 Å². The van der Waals surface area contributed by atoms with Crippen molar-refractivity contribution >= 4 is 21.5 Å². The first-order valence-electron chi connectivity index (χ1n) is 8.35. The predicted octanol–water partition coefficient (Wildman–Crippen LogP) is 2.38. The van der Waals surface area contributed by atoms with Gasteiger partial charge >= 0.3 is 0 Å². The second kappa shape index (κ2) is 7.11. The maximum atomic E-state index is 12.7. The molecular formula is C18H24N4O2S. The van der Waals surface area contributed by atoms with Gasteiger partial charge in [-0.3, -0.25) is 0 Å². The van der Waals surface area contributed by atoms with Crippen LogP contribution in [0.1, 0.15) is 11.1 Å². The van der Waals surface area contributed by atoms with Crippen LogP contribution in [0.25, 0.3) is 0 Å². The summed E-state index contributed by atoms with van der Waals surface area (Å²) in [6.45, 7) is 6.58. The van der Waals surface area contributed by atoms with Crippen molar-refractivity contribution in [3.05, 3.63) is 47.7 Å². The third kappa shape index (κ3) is 4.00. The first-order chi connectivity index (χ1) is 11.9. The zero-order valence-corrected chi connectivity index (χ0v) is 15.7. The van der Waals surface area contributed by atoms with E-state index < -0.39 is 10.0 Å². The van der Waals surface area contributed by atoms with Gasteiger partial charge < -0.3 is 10.2 Å². The van der Waals surface area contributed by atoms with Crippen molar-refractivity contribution in [3.63, 3.8) is 0 Å². The summed E-state index contributed by atoms with van der Waals surface area (Å²) < 4.78 is 26.9. The lowest BCUT2D eigenvalue weighted by atomic mass is 10.1. The minimum absolute atomic E-state index is 0.239. The summed E-state index contributed by atoms with van der Waals surface area (Å²) in [5, 5.41) is 3.25. The second-order valence-corrected chi connectivity index (χ2v) is 8.47. The van der Waals surface area contributed by atoms with Crippen LogP contribution in [0.3, 0.4) is 0 Å². The highest BCUT2D eigenvalue weighted by molar-refractivity contribution is 7.89. The summed E-state index contributed by atoms with van der Waals surface area (Å²) in [4.78, 5) is 6.66. The number of nitrogens with zero attached hydrogens (tertiary/aromatic N) is 3. The van der Waals surface area contributed by atoms with E-state index in [0.29, 0.717) is 18.9 Å². The Kier molecular flexibility index (Phi) is 5.08. The van der Waals surface area contributed by atoms with Gasteiger partial charge in [0.1, 0.15) is 10.7 Å². The third-order valence-corrected chi connectivity index (χ3v) is 6.37. The smallest absolute Gasteiger partial charge is 0.244 e. The molecule has 0 radical (unpaired) electrons. The first-order valence-corrected chi connectivity index (χ1v) is 9.79. The normalized spacial score (nSPS) is 16.8. The number of anilines is 2. The highest BCUT2D eigenvalue weighted by atomic mass is 32.2. The van der Waals surface area contributed by atoms with Crippen LogP contribution >= 0.6 is 0 Å². The topological polar surface area (TPSA) is 65.5 Å². The average molecular weight is 360 g/mol. The molecule has 0 unspecified atom stereocenters. The summed E-state index contributed by atoms with van der Waals surface area (Å²) >= 11 is 0. The molecule has 134 valence electrons. The quantitative estimate of drug-likeness (QED) is 0.907. The van der Waals surface area contributed by atoms with E-state index in [1.54, 1.807) is 12.1 Å². The summed E-state index contributed by atoms with van der Waals surface area (Å²) in [5.41, 5.74) is 3.24. The summed E-state index contributed by atoms with van der Waals surface area (Å²) in [6, 6.07) is 9.48. The van der Waals surface area contributed by atoms with Gasteiger partial charge in [-0.05, 0) is 50.2 Å². The Bertz CT molecular complexity index is 842. The largest absolute Gasteiger partial charge is 0.340 e. The minimum Gasteiger partial charge on any atom is -0.340 e. The molecule has 0 aliphatic carbocycles. The molecule has 1 aliphatic rings. The Labute approximate surface area is 149 Å². The maximum absolute atomic E-state index is 12.7. The first kappa shape index (κ1) is 17.8. The second-order valence-electron chi connectivity index (χ2n) is 6.53. The maximum Gasteiger partial charge on any atom is 0.244 e. The third-order valence-electron chi connectivity index (χ3n) is 4.49. The molecule has 1 aliphatic heterocycles. The van der Waals surface area contributed by atoms with Crippen molar-refractivity contribution in [2.45, 2.75) is 18.7 Å². The van der Waals surface area contributed by atoms with Crippen LogP contribution in [0.4, 0.5) is 11.5 Å². The van der Waals surface area contributed by atoms with Gasteiger partial charge in [0.15, 0.2) is 0 Å². The number of hydrogen-bond acceptors (Lipinski definition) is 5. The van der Waals surface area contributed by atoms with E-state index in [2.05, 4.69) is 21.3 Å². The number of benzene rings is 1. The fraction of sp³-hybridized carbons (Fsp3) is 0.389. The fourth-order valence-electron chi connectivity index (χ4n) is 2.79. The molecule has 1 saturated heterocycles. The standard InChI is InChI=1S/C18H24N4O2S/c1-14-4-5-15(2)17(12-14)20-18-7-6-16(13-19-18)25(23,24)22-10-8-21(3)9-11-22/h4-7,12-13H,8-11H2,1-3H3,(H,19,20). The number of pyridine rings is 1. The molecule has 0 saturated carbocycles. The summed E-state index contributed by atoms with van der Waals surface area (Å²) in [5.74, 6) is 0.631. The lowest BCUT2D eigenvalue weighted by molar-refractivity contribution is 0.222. The van der Waals surface area contributed by atoms with Crippen LogP contribution in [-0.4, -0.2) is 55.8 Å². The van der Waals surface area contributed by atoms with Crippen LogP contribution in [0.15, 0.2) is 41.4 Å². The molecule has 2 aromatic rings. The van der Waals surface area contributed by atoms with Crippen molar-refractivity contribution in [3.8, 4) is 0 Å². The van der Waals surface area contributed by atoms with Gasteiger partial charge in [-0.1, -0.05) is 12.1 Å². The molecule has 2 heterocycles. The molecule has 0 spiro atoms. The minimum atomic E-state index is -3.47. The number of hydrogen-bond donors (Lipinski definition) is 1. The van der Waals surface area contributed by atoms with E-state index in [4.69, 9.17) is 0 Å². The highest BCUT2D eigenvalue weighted by Crippen LogP contribution is 2.22. The number of nitrogens with one attached hydrogen (secondary N) is 1. The fourth-order valence-corrected chi connectivity index (χ4v) is 4.16. The van der Waals surface area contributed by atoms with E-state index in [0.717, 1.165) is 29.9 Å². The van der Waals surface area contributed by atoms with Gasteiger partial charge in [-0.15, -0.1) is 0 Å². The highest BCUT2D eigenvalue weighted by Gasteiger charge is 2.27. The van der Waals surface area contributed by atoms with E-state index in [9.17, 15) is 8.42 Å². The number of piperazine rings is 1. The molecule has 0 bridgehead atoms. The van der Waals surface area contributed by atoms with Gasteiger partial charge in [0, 0.05) is 38.1 Å². The summed E-state index contributed by atoms with van der Waals surface area (Å²) in [7, 11) is -1.47. The SMILES string of the molecule is Cc1ccc(C)c(Nc2ccc(S(=O)(=O)N3CCN(C)CC3)cn2)c1. The monoisotopic (exact) mass is 360 g/mol. The number of sulfonamides is 1. The molecule has 7 heteroatoms. The van der Waals surface area contributed by atoms with Crippen molar-refractivity contribution in [1.82, 2.24) is 14.2 Å². The molecule has 1 fully saturated rings. The van der Waals surface area contributed by atoms with Gasteiger partial charge in [0.25, 0.3) is 0 Å². The Balaban J connectivity index is 1.76. The lowest BCUT2D eigenvalue weighted by Gasteiger charge is -2.31. The van der Waals surface area contributed by atoms with Crippen LogP contribution in [0.5, 0.6) is 0 Å². The van der Waals surface area contributed by atoms with Crippen molar-refractivity contribution < 1.29 is 8.42 Å². The Hall–Kier alpha value is -1.96. The average Bonchev–Trinajstić information content (AvgIpc) is 2.59. The van der Waals surface area contributed by atoms with Crippen LogP contribution in [-0.2, 0) is 10.0 Å². The molecule has 1 N–H and O–H groups in total. The number of aromatic nitrogens is 1. The van der Waals surface area contributed by atoms with E-state index in [1.807, 2.05) is 33.0 Å².